The van der Waals surface area contributed by atoms with Crippen molar-refractivity contribution in [2.45, 2.75) is 25.7 Å². The van der Waals surface area contributed by atoms with Crippen LogP contribution in [0.1, 0.15) is 25.7 Å². The number of nitrogens with zero attached hydrogens (tertiary/aromatic N) is 2. The highest BCUT2D eigenvalue weighted by Crippen LogP contribution is 2.18. The monoisotopic (exact) mass is 289 g/mol. The summed E-state index contributed by atoms with van der Waals surface area (Å²) in [5, 5.41) is 3.32. The van der Waals surface area contributed by atoms with Crippen LogP contribution in [-0.2, 0) is 10.0 Å². The summed E-state index contributed by atoms with van der Waals surface area (Å²) in [5.41, 5.74) is 0. The molecule has 1 N–H and O–H groups in total. The molecule has 0 bridgehead atoms. The summed E-state index contributed by atoms with van der Waals surface area (Å²) in [6, 6.07) is 0. The summed E-state index contributed by atoms with van der Waals surface area (Å²) in [6.45, 7) is 5.29. The fourth-order valence-electron chi connectivity index (χ4n) is 2.92. The van der Waals surface area contributed by atoms with Gasteiger partial charge in [0.05, 0.1) is 5.75 Å². The first-order valence-electron chi connectivity index (χ1n) is 7.45. The van der Waals surface area contributed by atoms with Gasteiger partial charge in [0.1, 0.15) is 0 Å². The number of nitrogens with one attached hydrogen (secondary N) is 1. The van der Waals surface area contributed by atoms with E-state index in [1.54, 1.807) is 4.31 Å². The van der Waals surface area contributed by atoms with Gasteiger partial charge in [-0.05, 0) is 58.3 Å². The molecular weight excluding hydrogens is 262 g/mol. The second-order valence-electron chi connectivity index (χ2n) is 5.85. The van der Waals surface area contributed by atoms with Crippen LogP contribution in [0.25, 0.3) is 0 Å². The van der Waals surface area contributed by atoms with Crippen molar-refractivity contribution in [1.82, 2.24) is 14.5 Å². The maximum atomic E-state index is 12.4. The first-order chi connectivity index (χ1) is 9.08. The molecule has 2 rings (SSSR count). The number of rotatable bonds is 4. The van der Waals surface area contributed by atoms with E-state index in [9.17, 15) is 8.42 Å². The Balaban J connectivity index is 1.83. The Morgan fingerprint density at radius 1 is 1.11 bits per heavy atom. The summed E-state index contributed by atoms with van der Waals surface area (Å²) < 4.78 is 26.5. The molecule has 0 aromatic heterocycles. The first kappa shape index (κ1) is 15.2. The molecule has 0 amide bonds. The van der Waals surface area contributed by atoms with Gasteiger partial charge in [-0.2, -0.15) is 0 Å². The van der Waals surface area contributed by atoms with Crippen LogP contribution < -0.4 is 5.32 Å². The first-order valence-corrected chi connectivity index (χ1v) is 9.06. The predicted molar refractivity (Wildman–Crippen MR) is 77.7 cm³/mol. The second kappa shape index (κ2) is 7.02. The second-order valence-corrected chi connectivity index (χ2v) is 7.94. The smallest absolute Gasteiger partial charge is 0.214 e. The van der Waals surface area contributed by atoms with E-state index in [4.69, 9.17) is 0 Å². The molecule has 0 aliphatic carbocycles. The van der Waals surface area contributed by atoms with Crippen LogP contribution >= 0.6 is 0 Å². The summed E-state index contributed by atoms with van der Waals surface area (Å²) in [4.78, 5) is 2.21. The number of hydrogen-bond acceptors (Lipinski definition) is 4. The SMILES string of the molecule is CN1CCCN(S(=O)(=O)CCC2CCNCC2)CC1. The highest BCUT2D eigenvalue weighted by Gasteiger charge is 2.25. The van der Waals surface area contributed by atoms with Gasteiger partial charge >= 0.3 is 0 Å². The molecule has 112 valence electrons. The van der Waals surface area contributed by atoms with Crippen molar-refractivity contribution in [3.63, 3.8) is 0 Å². The third-order valence-corrected chi connectivity index (χ3v) is 6.22. The maximum Gasteiger partial charge on any atom is 0.214 e. The molecule has 0 atom stereocenters. The number of hydrogen-bond donors (Lipinski definition) is 1. The van der Waals surface area contributed by atoms with Crippen LogP contribution in [0, 0.1) is 5.92 Å². The Hall–Kier alpha value is -0.170. The van der Waals surface area contributed by atoms with Gasteiger partial charge in [-0.1, -0.05) is 0 Å². The fourth-order valence-corrected chi connectivity index (χ4v) is 4.57. The lowest BCUT2D eigenvalue weighted by atomic mass is 9.96. The van der Waals surface area contributed by atoms with E-state index in [0.717, 1.165) is 51.9 Å². The molecule has 2 aliphatic rings. The van der Waals surface area contributed by atoms with Gasteiger partial charge in [0.25, 0.3) is 0 Å². The van der Waals surface area contributed by atoms with Crippen LogP contribution in [0.2, 0.25) is 0 Å². The molecule has 0 saturated carbocycles. The van der Waals surface area contributed by atoms with Crippen molar-refractivity contribution in [2.75, 3.05) is 52.1 Å². The van der Waals surface area contributed by atoms with Gasteiger partial charge in [0.2, 0.25) is 10.0 Å². The molecule has 6 heteroatoms. The van der Waals surface area contributed by atoms with Crippen LogP contribution in [-0.4, -0.2) is 69.7 Å². The summed E-state index contributed by atoms with van der Waals surface area (Å²) >= 11 is 0. The lowest BCUT2D eigenvalue weighted by Crippen LogP contribution is -2.37. The minimum atomic E-state index is -3.04. The molecule has 2 aliphatic heterocycles. The summed E-state index contributed by atoms with van der Waals surface area (Å²) in [7, 11) is -0.983. The molecule has 0 radical (unpaired) electrons. The van der Waals surface area contributed by atoms with E-state index < -0.39 is 10.0 Å². The third kappa shape index (κ3) is 4.70. The zero-order valence-corrected chi connectivity index (χ0v) is 12.8. The van der Waals surface area contributed by atoms with Crippen molar-refractivity contribution >= 4 is 10.0 Å². The molecule has 0 unspecified atom stereocenters. The standard InChI is InChI=1S/C13H27N3O2S/c1-15-8-2-9-16(11-10-15)19(17,18)12-5-13-3-6-14-7-4-13/h13-14H,2-12H2,1H3. The van der Waals surface area contributed by atoms with Crippen molar-refractivity contribution in [3.05, 3.63) is 0 Å². The Bertz CT molecular complexity index is 366. The average Bonchev–Trinajstić information content (AvgIpc) is 2.63. The van der Waals surface area contributed by atoms with Gasteiger partial charge in [-0.15, -0.1) is 0 Å². The number of sulfonamides is 1. The highest BCUT2D eigenvalue weighted by atomic mass is 32.2. The van der Waals surface area contributed by atoms with Crippen LogP contribution in [0.4, 0.5) is 0 Å². The van der Waals surface area contributed by atoms with E-state index in [1.165, 1.54) is 0 Å². The molecule has 0 spiro atoms. The molecule has 0 aromatic rings. The molecule has 19 heavy (non-hydrogen) atoms. The molecule has 2 saturated heterocycles. The number of piperidine rings is 1. The van der Waals surface area contributed by atoms with E-state index in [0.29, 0.717) is 24.8 Å². The van der Waals surface area contributed by atoms with Crippen molar-refractivity contribution in [1.29, 1.82) is 0 Å². The Labute approximate surface area is 117 Å². The zero-order valence-electron chi connectivity index (χ0n) is 12.0. The topological polar surface area (TPSA) is 52.7 Å². The summed E-state index contributed by atoms with van der Waals surface area (Å²) in [5.74, 6) is 0.923. The van der Waals surface area contributed by atoms with E-state index >= 15 is 0 Å². The van der Waals surface area contributed by atoms with Gasteiger partial charge in [-0.3, -0.25) is 0 Å². The minimum absolute atomic E-state index is 0.335. The van der Waals surface area contributed by atoms with Gasteiger partial charge in [0, 0.05) is 19.6 Å². The van der Waals surface area contributed by atoms with Crippen molar-refractivity contribution < 1.29 is 8.42 Å². The van der Waals surface area contributed by atoms with Crippen LogP contribution in [0.3, 0.4) is 0 Å². The molecule has 5 nitrogen and oxygen atoms in total. The zero-order chi connectivity index (χ0) is 13.7. The Morgan fingerprint density at radius 2 is 1.84 bits per heavy atom. The predicted octanol–water partition coefficient (Wildman–Crippen LogP) is 0.343. The molecule has 2 fully saturated rings. The van der Waals surface area contributed by atoms with Crippen molar-refractivity contribution in [2.24, 2.45) is 5.92 Å². The van der Waals surface area contributed by atoms with E-state index in [2.05, 4.69) is 17.3 Å². The van der Waals surface area contributed by atoms with Crippen molar-refractivity contribution in [3.8, 4) is 0 Å². The maximum absolute atomic E-state index is 12.4. The van der Waals surface area contributed by atoms with Gasteiger partial charge in [0.15, 0.2) is 0 Å². The van der Waals surface area contributed by atoms with E-state index in [-0.39, 0.29) is 0 Å². The Kier molecular flexibility index (Phi) is 5.62. The lowest BCUT2D eigenvalue weighted by Gasteiger charge is -2.25. The highest BCUT2D eigenvalue weighted by molar-refractivity contribution is 7.89. The Morgan fingerprint density at radius 3 is 2.58 bits per heavy atom. The minimum Gasteiger partial charge on any atom is -0.317 e. The largest absolute Gasteiger partial charge is 0.317 e. The summed E-state index contributed by atoms with van der Waals surface area (Å²) in [6.07, 6.45) is 4.02. The molecular formula is C13H27N3O2S. The molecule has 0 aromatic carbocycles. The number of likely N-dealkylation sites (N-methyl/N-ethyl adjacent to an activating group) is 1. The van der Waals surface area contributed by atoms with Gasteiger partial charge in [-0.25, -0.2) is 12.7 Å². The fraction of sp³-hybridized carbons (Fsp3) is 1.00. The lowest BCUT2D eigenvalue weighted by molar-refractivity contribution is 0.344. The average molecular weight is 289 g/mol. The molecule has 2 heterocycles. The van der Waals surface area contributed by atoms with E-state index in [1.807, 2.05) is 0 Å². The normalized spacial score (nSPS) is 25.3. The quantitative estimate of drug-likeness (QED) is 0.811. The third-order valence-electron chi connectivity index (χ3n) is 4.31. The van der Waals surface area contributed by atoms with Crippen LogP contribution in [0.5, 0.6) is 0 Å². The van der Waals surface area contributed by atoms with Crippen LogP contribution in [0.15, 0.2) is 0 Å². The van der Waals surface area contributed by atoms with Gasteiger partial charge < -0.3 is 10.2 Å².